The van der Waals surface area contributed by atoms with E-state index in [1.165, 1.54) is 6.07 Å². The quantitative estimate of drug-likeness (QED) is 0.873. The lowest BCUT2D eigenvalue weighted by Gasteiger charge is -2.11. The molecular formula is C12H13ClFNS. The van der Waals surface area contributed by atoms with E-state index < -0.39 is 0 Å². The van der Waals surface area contributed by atoms with Crippen molar-refractivity contribution < 1.29 is 4.39 Å². The van der Waals surface area contributed by atoms with Gasteiger partial charge in [0, 0.05) is 10.4 Å². The molecule has 16 heavy (non-hydrogen) atoms. The first-order chi connectivity index (χ1) is 7.18. The standard InChI is InChI=1S/C12H12FNS.ClH/c1-8-4-5-10(13)9(7-8)12(14)11-3-2-6-15-11;/h2-7,12H,14H2,1H3;1H/t12-;/m0./s1. The van der Waals surface area contributed by atoms with E-state index in [9.17, 15) is 4.39 Å². The molecule has 0 unspecified atom stereocenters. The highest BCUT2D eigenvalue weighted by atomic mass is 35.5. The van der Waals surface area contributed by atoms with Crippen LogP contribution in [0.3, 0.4) is 0 Å². The molecule has 0 radical (unpaired) electrons. The van der Waals surface area contributed by atoms with Gasteiger partial charge in [-0.25, -0.2) is 4.39 Å². The highest BCUT2D eigenvalue weighted by molar-refractivity contribution is 7.10. The fourth-order valence-electron chi connectivity index (χ4n) is 1.52. The molecule has 0 saturated carbocycles. The van der Waals surface area contributed by atoms with E-state index in [2.05, 4.69) is 0 Å². The van der Waals surface area contributed by atoms with Gasteiger partial charge in [-0.15, -0.1) is 23.7 Å². The molecule has 1 heterocycles. The van der Waals surface area contributed by atoms with E-state index in [1.807, 2.05) is 24.4 Å². The number of benzene rings is 1. The van der Waals surface area contributed by atoms with Gasteiger partial charge in [0.05, 0.1) is 6.04 Å². The second-order valence-corrected chi connectivity index (χ2v) is 4.50. The van der Waals surface area contributed by atoms with E-state index in [-0.39, 0.29) is 24.3 Å². The largest absolute Gasteiger partial charge is 0.320 e. The van der Waals surface area contributed by atoms with Crippen molar-refractivity contribution in [2.24, 2.45) is 5.73 Å². The molecule has 2 rings (SSSR count). The summed E-state index contributed by atoms with van der Waals surface area (Å²) in [5.41, 5.74) is 7.59. The molecule has 0 aliphatic carbocycles. The Morgan fingerprint density at radius 2 is 2.06 bits per heavy atom. The maximum absolute atomic E-state index is 13.5. The van der Waals surface area contributed by atoms with E-state index in [0.29, 0.717) is 5.56 Å². The molecular weight excluding hydrogens is 245 g/mol. The summed E-state index contributed by atoms with van der Waals surface area (Å²) in [7, 11) is 0. The third-order valence-corrected chi connectivity index (χ3v) is 3.29. The van der Waals surface area contributed by atoms with Crippen LogP contribution in [0.1, 0.15) is 22.0 Å². The predicted octanol–water partition coefficient (Wildman–Crippen LogP) is 3.67. The first kappa shape index (κ1) is 13.2. The molecule has 0 bridgehead atoms. The van der Waals surface area contributed by atoms with Crippen LogP contribution in [0, 0.1) is 12.7 Å². The van der Waals surface area contributed by atoms with Crippen molar-refractivity contribution in [1.29, 1.82) is 0 Å². The van der Waals surface area contributed by atoms with Crippen molar-refractivity contribution in [3.63, 3.8) is 0 Å². The maximum Gasteiger partial charge on any atom is 0.128 e. The van der Waals surface area contributed by atoms with Crippen molar-refractivity contribution >= 4 is 23.7 Å². The number of hydrogen-bond acceptors (Lipinski definition) is 2. The Morgan fingerprint density at radius 1 is 1.31 bits per heavy atom. The van der Waals surface area contributed by atoms with E-state index in [0.717, 1.165) is 10.4 Å². The molecule has 1 atom stereocenters. The van der Waals surface area contributed by atoms with E-state index >= 15 is 0 Å². The average molecular weight is 258 g/mol. The second-order valence-electron chi connectivity index (χ2n) is 3.52. The summed E-state index contributed by atoms with van der Waals surface area (Å²) in [6.07, 6.45) is 0. The van der Waals surface area contributed by atoms with Crippen LogP contribution in [-0.2, 0) is 0 Å². The van der Waals surface area contributed by atoms with Gasteiger partial charge in [0.1, 0.15) is 5.82 Å². The monoisotopic (exact) mass is 257 g/mol. The molecule has 0 aliphatic heterocycles. The van der Waals surface area contributed by atoms with Crippen molar-refractivity contribution in [1.82, 2.24) is 0 Å². The van der Waals surface area contributed by atoms with Crippen LogP contribution in [-0.4, -0.2) is 0 Å². The molecule has 2 aromatic rings. The SMILES string of the molecule is Cc1ccc(F)c([C@H](N)c2cccs2)c1.Cl. The van der Waals surface area contributed by atoms with Crippen molar-refractivity contribution in [3.8, 4) is 0 Å². The molecule has 1 nitrogen and oxygen atoms in total. The second kappa shape index (κ2) is 5.43. The van der Waals surface area contributed by atoms with Gasteiger partial charge in [0.15, 0.2) is 0 Å². The van der Waals surface area contributed by atoms with Crippen molar-refractivity contribution in [2.45, 2.75) is 13.0 Å². The van der Waals surface area contributed by atoms with Gasteiger partial charge in [-0.1, -0.05) is 23.8 Å². The smallest absolute Gasteiger partial charge is 0.128 e. The third kappa shape index (κ3) is 2.61. The minimum absolute atomic E-state index is 0. The van der Waals surface area contributed by atoms with Crippen LogP contribution in [0.15, 0.2) is 35.7 Å². The summed E-state index contributed by atoms with van der Waals surface area (Å²) in [6.45, 7) is 1.93. The first-order valence-electron chi connectivity index (χ1n) is 4.73. The lowest BCUT2D eigenvalue weighted by atomic mass is 10.0. The lowest BCUT2D eigenvalue weighted by Crippen LogP contribution is -2.12. The Balaban J connectivity index is 0.00000128. The van der Waals surface area contributed by atoms with Crippen LogP contribution in [0.5, 0.6) is 0 Å². The highest BCUT2D eigenvalue weighted by Gasteiger charge is 2.14. The van der Waals surface area contributed by atoms with Gasteiger partial charge < -0.3 is 5.73 Å². The molecule has 0 saturated heterocycles. The zero-order valence-electron chi connectivity index (χ0n) is 8.81. The first-order valence-corrected chi connectivity index (χ1v) is 5.61. The molecule has 4 heteroatoms. The zero-order valence-corrected chi connectivity index (χ0v) is 10.4. The summed E-state index contributed by atoms with van der Waals surface area (Å²) in [5.74, 6) is -0.235. The Bertz CT molecular complexity index is 456. The van der Waals surface area contributed by atoms with Crippen LogP contribution in [0.2, 0.25) is 0 Å². The molecule has 2 N–H and O–H groups in total. The summed E-state index contributed by atoms with van der Waals surface area (Å²) in [5, 5.41) is 1.95. The molecule has 1 aromatic carbocycles. The molecule has 0 amide bonds. The van der Waals surface area contributed by atoms with Crippen molar-refractivity contribution in [2.75, 3.05) is 0 Å². The third-order valence-electron chi connectivity index (χ3n) is 2.34. The minimum Gasteiger partial charge on any atom is -0.320 e. The number of aryl methyl sites for hydroxylation is 1. The Hall–Kier alpha value is -0.900. The molecule has 0 aliphatic rings. The number of rotatable bonds is 2. The maximum atomic E-state index is 13.5. The highest BCUT2D eigenvalue weighted by Crippen LogP contribution is 2.26. The number of halogens is 2. The van der Waals surface area contributed by atoms with E-state index in [4.69, 9.17) is 5.73 Å². The summed E-state index contributed by atoms with van der Waals surface area (Å²) >= 11 is 1.55. The fourth-order valence-corrected chi connectivity index (χ4v) is 2.27. The summed E-state index contributed by atoms with van der Waals surface area (Å²) < 4.78 is 13.5. The lowest BCUT2D eigenvalue weighted by molar-refractivity contribution is 0.600. The van der Waals surface area contributed by atoms with Gasteiger partial charge in [0.2, 0.25) is 0 Å². The fraction of sp³-hybridized carbons (Fsp3) is 0.167. The van der Waals surface area contributed by atoms with Gasteiger partial charge in [0.25, 0.3) is 0 Å². The summed E-state index contributed by atoms with van der Waals surface area (Å²) in [4.78, 5) is 0.986. The normalized spacial score (nSPS) is 11.9. The van der Waals surface area contributed by atoms with Gasteiger partial charge in [-0.3, -0.25) is 0 Å². The molecule has 0 spiro atoms. The van der Waals surface area contributed by atoms with E-state index in [1.54, 1.807) is 23.5 Å². The average Bonchev–Trinajstić information content (AvgIpc) is 2.74. The van der Waals surface area contributed by atoms with Crippen LogP contribution >= 0.6 is 23.7 Å². The summed E-state index contributed by atoms with van der Waals surface area (Å²) in [6, 6.07) is 8.52. The topological polar surface area (TPSA) is 26.0 Å². The molecule has 0 fully saturated rings. The van der Waals surface area contributed by atoms with Gasteiger partial charge in [-0.05, 0) is 24.4 Å². The molecule has 86 valence electrons. The Kier molecular flexibility index (Phi) is 4.47. The number of nitrogens with two attached hydrogens (primary N) is 1. The van der Waals surface area contributed by atoms with Crippen LogP contribution in [0.25, 0.3) is 0 Å². The Morgan fingerprint density at radius 3 is 2.69 bits per heavy atom. The minimum atomic E-state index is -0.357. The van der Waals surface area contributed by atoms with Crippen LogP contribution in [0.4, 0.5) is 4.39 Å². The predicted molar refractivity (Wildman–Crippen MR) is 68.7 cm³/mol. The van der Waals surface area contributed by atoms with Crippen molar-refractivity contribution in [3.05, 3.63) is 57.5 Å². The zero-order chi connectivity index (χ0) is 10.8. The Labute approximate surface area is 105 Å². The van der Waals surface area contributed by atoms with Gasteiger partial charge in [-0.2, -0.15) is 0 Å². The van der Waals surface area contributed by atoms with Gasteiger partial charge >= 0.3 is 0 Å². The number of hydrogen-bond donors (Lipinski definition) is 1. The molecule has 1 aromatic heterocycles. The number of thiophene rings is 1. The van der Waals surface area contributed by atoms with Crippen LogP contribution < -0.4 is 5.73 Å².